The maximum atomic E-state index is 8.63. The summed E-state index contributed by atoms with van der Waals surface area (Å²) in [5.74, 6) is 1.64. The van der Waals surface area contributed by atoms with Crippen LogP contribution in [0.5, 0.6) is 0 Å². The number of hydrogen-bond donors (Lipinski definition) is 3. The molecule has 0 aromatic carbocycles. The molecule has 0 radical (unpaired) electrons. The summed E-state index contributed by atoms with van der Waals surface area (Å²) in [6.07, 6.45) is 6.96. The monoisotopic (exact) mass is 424 g/mol. The number of nitrogens with one attached hydrogen (secondary N) is 3. The van der Waals surface area contributed by atoms with Crippen molar-refractivity contribution >= 4 is 34.0 Å². The van der Waals surface area contributed by atoms with E-state index in [2.05, 4.69) is 44.6 Å². The van der Waals surface area contributed by atoms with Crippen molar-refractivity contribution in [2.24, 2.45) is 0 Å². The van der Waals surface area contributed by atoms with Crippen molar-refractivity contribution in [2.45, 2.75) is 19.8 Å². The average molecular weight is 425 g/mol. The van der Waals surface area contributed by atoms with E-state index in [1.165, 1.54) is 0 Å². The lowest BCUT2D eigenvalue weighted by atomic mass is 10.0. The molecule has 0 aliphatic rings. The lowest BCUT2D eigenvalue weighted by Crippen LogP contribution is -2.09. The molecule has 4 heterocycles. The minimum Gasteiger partial charge on any atom is -0.393 e. The van der Waals surface area contributed by atoms with E-state index in [4.69, 9.17) is 10.4 Å². The first kappa shape index (κ1) is 21.0. The van der Waals surface area contributed by atoms with Gasteiger partial charge in [0.1, 0.15) is 5.82 Å². The van der Waals surface area contributed by atoms with Crippen molar-refractivity contribution in [1.82, 2.24) is 30.5 Å². The van der Waals surface area contributed by atoms with Gasteiger partial charge in [-0.15, -0.1) is 5.10 Å². The Kier molecular flexibility index (Phi) is 6.12. The van der Waals surface area contributed by atoms with E-state index in [0.717, 1.165) is 16.6 Å². The van der Waals surface area contributed by atoms with Crippen molar-refractivity contribution < 1.29 is 0 Å². The average Bonchev–Trinajstić information content (AvgIpc) is 2.82. The fraction of sp³-hybridized carbons (Fsp3) is 0.167. The molecule has 4 rings (SSSR count). The smallest absolute Gasteiger partial charge is 0.154 e. The molecule has 8 heteroatoms. The van der Waals surface area contributed by atoms with Gasteiger partial charge in [-0.1, -0.05) is 19.9 Å². The molecule has 0 unspecified atom stereocenters. The topological polar surface area (TPSA) is 112 Å². The van der Waals surface area contributed by atoms with Crippen molar-refractivity contribution in [1.29, 1.82) is 5.41 Å². The molecule has 0 saturated carbocycles. The summed E-state index contributed by atoms with van der Waals surface area (Å²) in [5.41, 5.74) is 4.90. The van der Waals surface area contributed by atoms with Crippen LogP contribution in [0.1, 0.15) is 36.6 Å². The van der Waals surface area contributed by atoms with Crippen LogP contribution in [0.15, 0.2) is 67.3 Å². The predicted molar refractivity (Wildman–Crippen MR) is 127 cm³/mol. The minimum atomic E-state index is 0.302. The number of rotatable bonds is 7. The van der Waals surface area contributed by atoms with E-state index < -0.39 is 0 Å². The molecule has 160 valence electrons. The number of allylic oxidation sites excluding steroid dienone is 1. The van der Waals surface area contributed by atoms with Gasteiger partial charge >= 0.3 is 0 Å². The first-order chi connectivity index (χ1) is 15.5. The first-order valence-corrected chi connectivity index (χ1v) is 10.3. The van der Waals surface area contributed by atoms with Crippen molar-refractivity contribution in [3.05, 3.63) is 84.1 Å². The Hall–Kier alpha value is -4.20. The number of fused-ring (bicyclic) bond motifs is 1. The van der Waals surface area contributed by atoms with Gasteiger partial charge in [-0.25, -0.2) is 4.98 Å². The molecule has 0 amide bonds. The molecule has 8 nitrogen and oxygen atoms in total. The summed E-state index contributed by atoms with van der Waals surface area (Å²) in [6, 6.07) is 13.2. The Morgan fingerprint density at radius 2 is 1.88 bits per heavy atom. The van der Waals surface area contributed by atoms with Crippen LogP contribution in [-0.2, 0) is 0 Å². The highest BCUT2D eigenvalue weighted by atomic mass is 15.2. The zero-order chi connectivity index (χ0) is 22.5. The summed E-state index contributed by atoms with van der Waals surface area (Å²) >= 11 is 0. The SMILES string of the molecule is CN/C=C(\C(=N)c1ccccn1)c1cnc2ccc(Nc3cc(C(C)C)cnn3)nc2c1. The van der Waals surface area contributed by atoms with E-state index in [0.29, 0.717) is 40.0 Å². The lowest BCUT2D eigenvalue weighted by Gasteiger charge is -2.11. The van der Waals surface area contributed by atoms with Gasteiger partial charge in [-0.3, -0.25) is 15.4 Å². The molecule has 0 aliphatic carbocycles. The molecular formula is C24H24N8. The van der Waals surface area contributed by atoms with E-state index in [1.807, 2.05) is 42.5 Å². The predicted octanol–water partition coefficient (Wildman–Crippen LogP) is 4.31. The third-order valence-electron chi connectivity index (χ3n) is 4.93. The van der Waals surface area contributed by atoms with Gasteiger partial charge < -0.3 is 10.6 Å². The maximum absolute atomic E-state index is 8.63. The Morgan fingerprint density at radius 1 is 1.00 bits per heavy atom. The standard InChI is InChI=1S/C24H24N8/c1-15(2)16-11-23(32-29-13-16)31-22-8-7-19-21(30-22)10-17(12-28-19)18(14-26-3)24(25)20-6-4-5-9-27-20/h4-15,25-26H,1-3H3,(H,30,31,32)/b18-14-,25-24?. The summed E-state index contributed by atoms with van der Waals surface area (Å²) < 4.78 is 0. The molecule has 0 bridgehead atoms. The Labute approximate surface area is 186 Å². The molecule has 0 atom stereocenters. The number of aromatic nitrogens is 5. The highest BCUT2D eigenvalue weighted by Crippen LogP contribution is 2.23. The normalized spacial score (nSPS) is 11.6. The Balaban J connectivity index is 1.67. The summed E-state index contributed by atoms with van der Waals surface area (Å²) in [4.78, 5) is 13.5. The van der Waals surface area contributed by atoms with Gasteiger partial charge in [0.25, 0.3) is 0 Å². The number of anilines is 2. The van der Waals surface area contributed by atoms with Crippen LogP contribution in [0.3, 0.4) is 0 Å². The molecule has 32 heavy (non-hydrogen) atoms. The summed E-state index contributed by atoms with van der Waals surface area (Å²) in [7, 11) is 1.80. The van der Waals surface area contributed by atoms with E-state index in [-0.39, 0.29) is 0 Å². The molecule has 0 aliphatic heterocycles. The number of pyridine rings is 3. The van der Waals surface area contributed by atoms with Gasteiger partial charge in [0.2, 0.25) is 0 Å². The molecule has 4 aromatic heterocycles. The molecule has 0 spiro atoms. The summed E-state index contributed by atoms with van der Waals surface area (Å²) in [6.45, 7) is 4.22. The van der Waals surface area contributed by atoms with Crippen LogP contribution in [0, 0.1) is 5.41 Å². The molecule has 0 saturated heterocycles. The Bertz CT molecular complexity index is 1280. The molecule has 3 N–H and O–H groups in total. The second-order valence-corrected chi connectivity index (χ2v) is 7.55. The van der Waals surface area contributed by atoms with Crippen LogP contribution in [0.2, 0.25) is 0 Å². The highest BCUT2D eigenvalue weighted by Gasteiger charge is 2.13. The number of hydrogen-bond acceptors (Lipinski definition) is 8. The fourth-order valence-electron chi connectivity index (χ4n) is 3.21. The van der Waals surface area contributed by atoms with E-state index in [9.17, 15) is 0 Å². The quantitative estimate of drug-likeness (QED) is 0.379. The first-order valence-electron chi connectivity index (χ1n) is 10.3. The van der Waals surface area contributed by atoms with Crippen molar-refractivity contribution in [2.75, 3.05) is 12.4 Å². The second kappa shape index (κ2) is 9.30. The van der Waals surface area contributed by atoms with Gasteiger partial charge in [-0.05, 0) is 47.9 Å². The van der Waals surface area contributed by atoms with Crippen molar-refractivity contribution in [3.8, 4) is 0 Å². The van der Waals surface area contributed by atoms with Crippen LogP contribution >= 0.6 is 0 Å². The van der Waals surface area contributed by atoms with Crippen LogP contribution < -0.4 is 10.6 Å². The van der Waals surface area contributed by atoms with Crippen LogP contribution in [-0.4, -0.2) is 37.9 Å². The van der Waals surface area contributed by atoms with Gasteiger partial charge in [-0.2, -0.15) is 5.10 Å². The van der Waals surface area contributed by atoms with E-state index >= 15 is 0 Å². The highest BCUT2D eigenvalue weighted by molar-refractivity contribution is 6.29. The van der Waals surface area contributed by atoms with Crippen LogP contribution in [0.4, 0.5) is 11.6 Å². The largest absolute Gasteiger partial charge is 0.393 e. The minimum absolute atomic E-state index is 0.302. The molecule has 4 aromatic rings. The second-order valence-electron chi connectivity index (χ2n) is 7.55. The maximum Gasteiger partial charge on any atom is 0.154 e. The third-order valence-corrected chi connectivity index (χ3v) is 4.93. The zero-order valence-corrected chi connectivity index (χ0v) is 18.2. The van der Waals surface area contributed by atoms with Gasteiger partial charge in [0, 0.05) is 36.8 Å². The fourth-order valence-corrected chi connectivity index (χ4v) is 3.21. The molecule has 0 fully saturated rings. The zero-order valence-electron chi connectivity index (χ0n) is 18.2. The third kappa shape index (κ3) is 4.59. The van der Waals surface area contributed by atoms with Gasteiger partial charge in [0.15, 0.2) is 5.82 Å². The van der Waals surface area contributed by atoms with Gasteiger partial charge in [0.05, 0.1) is 28.6 Å². The van der Waals surface area contributed by atoms with Crippen molar-refractivity contribution in [3.63, 3.8) is 0 Å². The van der Waals surface area contributed by atoms with Crippen LogP contribution in [0.25, 0.3) is 16.6 Å². The lowest BCUT2D eigenvalue weighted by molar-refractivity contribution is 0.843. The Morgan fingerprint density at radius 3 is 2.62 bits per heavy atom. The van der Waals surface area contributed by atoms with E-state index in [1.54, 1.807) is 31.8 Å². The molecular weight excluding hydrogens is 400 g/mol. The summed E-state index contributed by atoms with van der Waals surface area (Å²) in [5, 5.41) is 23.1. The number of nitrogens with zero attached hydrogens (tertiary/aromatic N) is 5.